The second-order valence-corrected chi connectivity index (χ2v) is 9.25. The molecule has 1 atom stereocenters. The predicted molar refractivity (Wildman–Crippen MR) is 148 cm³/mol. The molecular weight excluding hydrogens is 484 g/mol. The van der Waals surface area contributed by atoms with Crippen molar-refractivity contribution in [1.29, 1.82) is 0 Å². The van der Waals surface area contributed by atoms with Crippen molar-refractivity contribution in [3.05, 3.63) is 83.7 Å². The average molecular weight is 519 g/mol. The molecule has 0 saturated carbocycles. The lowest BCUT2D eigenvalue weighted by molar-refractivity contribution is 0.261. The molecule has 35 heavy (non-hydrogen) atoms. The highest BCUT2D eigenvalue weighted by atomic mass is 35.5. The first-order valence-corrected chi connectivity index (χ1v) is 11.9. The molecule has 1 fully saturated rings. The van der Waals surface area contributed by atoms with Crippen LogP contribution in [0.3, 0.4) is 0 Å². The van der Waals surface area contributed by atoms with Crippen LogP contribution in [0, 0.1) is 5.82 Å². The number of benzene rings is 3. The van der Waals surface area contributed by atoms with Gasteiger partial charge in [0.2, 0.25) is 0 Å². The van der Waals surface area contributed by atoms with Gasteiger partial charge in [0.1, 0.15) is 18.2 Å². The molecule has 0 N–H and O–H groups in total. The lowest BCUT2D eigenvalue weighted by Crippen LogP contribution is -2.39. The summed E-state index contributed by atoms with van der Waals surface area (Å²) < 4.78 is 20.7. The summed E-state index contributed by atoms with van der Waals surface area (Å²) in [6, 6.07) is 22.7. The third-order valence-corrected chi connectivity index (χ3v) is 6.95. The lowest BCUT2D eigenvalue weighted by atomic mass is 10.1. The van der Waals surface area contributed by atoms with Gasteiger partial charge < -0.3 is 14.5 Å². The van der Waals surface area contributed by atoms with Crippen LogP contribution in [-0.4, -0.2) is 44.7 Å². The number of likely N-dealkylation sites (tertiary alicyclic amines) is 1. The maximum Gasteiger partial charge on any atom is 0.143 e. The summed E-state index contributed by atoms with van der Waals surface area (Å²) in [6.07, 6.45) is 3.39. The fraction of sp³-hybridized carbons (Fsp3) is 0.357. The molecule has 0 spiro atoms. The van der Waals surface area contributed by atoms with Gasteiger partial charge in [-0.3, -0.25) is 4.90 Å². The summed E-state index contributed by atoms with van der Waals surface area (Å²) in [6.45, 7) is 3.24. The highest BCUT2D eigenvalue weighted by molar-refractivity contribution is 5.85. The largest absolute Gasteiger partial charge is 0.487 e. The second kappa shape index (κ2) is 12.0. The van der Waals surface area contributed by atoms with Crippen LogP contribution < -0.4 is 14.5 Å². The topological polar surface area (TPSA) is 19.0 Å². The van der Waals surface area contributed by atoms with E-state index in [9.17, 15) is 4.39 Å². The Kier molecular flexibility index (Phi) is 9.28. The number of para-hydroxylation sites is 2. The molecule has 0 amide bonds. The number of nitrogens with zero attached hydrogens (tertiary/aromatic N) is 3. The quantitative estimate of drug-likeness (QED) is 0.372. The van der Waals surface area contributed by atoms with Gasteiger partial charge in [-0.2, -0.15) is 0 Å². The van der Waals surface area contributed by atoms with Crippen molar-refractivity contribution in [3.8, 4) is 5.75 Å². The number of hydrogen-bond donors (Lipinski definition) is 0. The summed E-state index contributed by atoms with van der Waals surface area (Å²) >= 11 is 0. The van der Waals surface area contributed by atoms with Gasteiger partial charge in [0.15, 0.2) is 0 Å². The Hall–Kier alpha value is -2.47. The summed E-state index contributed by atoms with van der Waals surface area (Å²) in [5.74, 6) is 0.619. The Morgan fingerprint density at radius 1 is 0.943 bits per heavy atom. The van der Waals surface area contributed by atoms with Crippen LogP contribution >= 0.6 is 24.8 Å². The van der Waals surface area contributed by atoms with E-state index in [0.717, 1.165) is 49.6 Å². The third-order valence-electron chi connectivity index (χ3n) is 6.95. The minimum absolute atomic E-state index is 0. The molecule has 0 aromatic heterocycles. The van der Waals surface area contributed by atoms with Crippen LogP contribution in [0.25, 0.3) is 0 Å². The maximum atomic E-state index is 14.7. The van der Waals surface area contributed by atoms with Crippen molar-refractivity contribution in [3.63, 3.8) is 0 Å². The van der Waals surface area contributed by atoms with Crippen LogP contribution in [0.4, 0.5) is 21.5 Å². The van der Waals surface area contributed by atoms with Crippen LogP contribution in [0.15, 0.2) is 66.7 Å². The molecule has 4 nitrogen and oxygen atoms in total. The summed E-state index contributed by atoms with van der Waals surface area (Å²) in [5.41, 5.74) is 5.18. The first-order valence-electron chi connectivity index (χ1n) is 11.9. The SMILES string of the molecule is CN(C)c1ccc(CCN2CCC[C@@H]2CN2c3ccccc3OCc3c(F)cccc32)cc1.Cl.Cl. The third kappa shape index (κ3) is 5.85. The Balaban J connectivity index is 0.00000171. The van der Waals surface area contributed by atoms with Gasteiger partial charge in [-0.05, 0) is 67.8 Å². The Morgan fingerprint density at radius 3 is 2.46 bits per heavy atom. The zero-order valence-corrected chi connectivity index (χ0v) is 22.0. The van der Waals surface area contributed by atoms with Gasteiger partial charge in [-0.15, -0.1) is 24.8 Å². The maximum absolute atomic E-state index is 14.7. The first kappa shape index (κ1) is 27.1. The minimum Gasteiger partial charge on any atom is -0.487 e. The molecule has 0 unspecified atom stereocenters. The van der Waals surface area contributed by atoms with E-state index in [1.165, 1.54) is 23.7 Å². The van der Waals surface area contributed by atoms with E-state index in [-0.39, 0.29) is 37.2 Å². The number of halogens is 3. The minimum atomic E-state index is -0.199. The number of fused-ring (bicyclic) bond motifs is 2. The highest BCUT2D eigenvalue weighted by Crippen LogP contribution is 2.41. The predicted octanol–water partition coefficient (Wildman–Crippen LogP) is 6.47. The van der Waals surface area contributed by atoms with Crippen LogP contribution in [0.2, 0.25) is 0 Å². The molecule has 0 aliphatic carbocycles. The van der Waals surface area contributed by atoms with Crippen LogP contribution in [0.1, 0.15) is 24.0 Å². The Bertz CT molecular complexity index is 1110. The van der Waals surface area contributed by atoms with Gasteiger partial charge >= 0.3 is 0 Å². The molecule has 1 saturated heterocycles. The summed E-state index contributed by atoms with van der Waals surface area (Å²) in [7, 11) is 4.14. The van der Waals surface area contributed by atoms with E-state index in [2.05, 4.69) is 59.1 Å². The van der Waals surface area contributed by atoms with Gasteiger partial charge in [0.05, 0.1) is 11.4 Å². The zero-order valence-electron chi connectivity index (χ0n) is 20.3. The lowest BCUT2D eigenvalue weighted by Gasteiger charge is -2.32. The number of rotatable bonds is 6. The van der Waals surface area contributed by atoms with Gasteiger partial charge in [-0.25, -0.2) is 4.39 Å². The summed E-state index contributed by atoms with van der Waals surface area (Å²) in [4.78, 5) is 7.01. The van der Waals surface area contributed by atoms with E-state index < -0.39 is 0 Å². The van der Waals surface area contributed by atoms with Gasteiger partial charge in [0.25, 0.3) is 0 Å². The molecule has 2 aliphatic heterocycles. The second-order valence-electron chi connectivity index (χ2n) is 9.25. The molecule has 2 aliphatic rings. The van der Waals surface area contributed by atoms with Crippen molar-refractivity contribution in [1.82, 2.24) is 4.90 Å². The molecule has 7 heteroatoms. The smallest absolute Gasteiger partial charge is 0.143 e. The van der Waals surface area contributed by atoms with Gasteiger partial charge in [0, 0.05) is 44.5 Å². The van der Waals surface area contributed by atoms with Crippen molar-refractivity contribution in [2.24, 2.45) is 0 Å². The molecule has 0 bridgehead atoms. The van der Waals surface area contributed by atoms with E-state index in [0.29, 0.717) is 11.6 Å². The number of anilines is 3. The van der Waals surface area contributed by atoms with Crippen molar-refractivity contribution in [2.75, 3.05) is 43.5 Å². The number of hydrogen-bond acceptors (Lipinski definition) is 4. The standard InChI is InChI=1S/C28H32FN3O.2ClH/c1-30(2)22-14-12-21(13-15-22)16-18-31-17-6-7-23(31)19-32-26-10-5-8-25(29)24(26)20-33-28-11-4-3-9-27(28)32;;/h3-5,8-15,23H,6-7,16-20H2,1-2H3;2*1H/t23-;;/m1../s1. The van der Waals surface area contributed by atoms with Gasteiger partial charge in [-0.1, -0.05) is 30.3 Å². The average Bonchev–Trinajstić information content (AvgIpc) is 3.21. The fourth-order valence-corrected chi connectivity index (χ4v) is 5.06. The molecule has 2 heterocycles. The van der Waals surface area contributed by atoms with Crippen LogP contribution in [0.5, 0.6) is 5.75 Å². The highest BCUT2D eigenvalue weighted by Gasteiger charge is 2.30. The molecule has 3 aromatic rings. The van der Waals surface area contributed by atoms with E-state index in [1.54, 1.807) is 6.07 Å². The normalized spacial score (nSPS) is 16.8. The van der Waals surface area contributed by atoms with Crippen LogP contribution in [-0.2, 0) is 13.0 Å². The zero-order chi connectivity index (χ0) is 22.8. The first-order chi connectivity index (χ1) is 16.1. The van der Waals surface area contributed by atoms with Crippen molar-refractivity contribution >= 4 is 41.9 Å². The summed E-state index contributed by atoms with van der Waals surface area (Å²) in [5, 5.41) is 0. The Morgan fingerprint density at radius 2 is 1.69 bits per heavy atom. The Labute approximate surface area is 220 Å². The molecule has 3 aromatic carbocycles. The molecule has 188 valence electrons. The monoisotopic (exact) mass is 517 g/mol. The van der Waals surface area contributed by atoms with E-state index in [1.807, 2.05) is 24.3 Å². The van der Waals surface area contributed by atoms with E-state index in [4.69, 9.17) is 4.74 Å². The van der Waals surface area contributed by atoms with Crippen molar-refractivity contribution in [2.45, 2.75) is 31.9 Å². The van der Waals surface area contributed by atoms with Crippen molar-refractivity contribution < 1.29 is 9.13 Å². The molecular formula is C28H34Cl2FN3O. The fourth-order valence-electron chi connectivity index (χ4n) is 5.06. The molecule has 5 rings (SSSR count). The number of ether oxygens (including phenoxy) is 1. The van der Waals surface area contributed by atoms with E-state index >= 15 is 0 Å². The molecule has 0 radical (unpaired) electrons.